The minimum atomic E-state index is -1.16. The molecule has 1 aromatic carbocycles. The number of carboxylic acid groups (broad SMARTS) is 1. The molecule has 1 aliphatic carbocycles. The van der Waals surface area contributed by atoms with E-state index in [1.165, 1.54) is 7.11 Å². The van der Waals surface area contributed by atoms with Crippen LogP contribution in [0.15, 0.2) is 30.3 Å². The molecule has 0 saturated carbocycles. The number of nitrogens with zero attached hydrogens (tertiary/aromatic N) is 1. The summed E-state index contributed by atoms with van der Waals surface area (Å²) in [5, 5.41) is 9.44. The number of methoxy groups -OCH3 is 1. The molecular formula is C19H17NO4. The second-order valence-corrected chi connectivity index (χ2v) is 5.83. The zero-order valence-electron chi connectivity index (χ0n) is 13.3. The Morgan fingerprint density at radius 2 is 2.21 bits per heavy atom. The molecule has 0 fully saturated rings. The van der Waals surface area contributed by atoms with E-state index in [-0.39, 0.29) is 11.6 Å². The van der Waals surface area contributed by atoms with Crippen molar-refractivity contribution in [1.82, 2.24) is 4.57 Å². The van der Waals surface area contributed by atoms with Crippen LogP contribution in [-0.2, 0) is 17.6 Å². The van der Waals surface area contributed by atoms with Crippen molar-refractivity contribution in [2.75, 3.05) is 7.11 Å². The molecule has 3 rings (SSSR count). The second-order valence-electron chi connectivity index (χ2n) is 5.83. The number of ether oxygens (including phenoxy) is 1. The molecule has 1 atom stereocenters. The molecular weight excluding hydrogens is 306 g/mol. The van der Waals surface area contributed by atoms with Crippen molar-refractivity contribution in [1.29, 1.82) is 0 Å². The second kappa shape index (κ2) is 6.25. The van der Waals surface area contributed by atoms with Crippen LogP contribution in [0, 0.1) is 12.3 Å². The maximum absolute atomic E-state index is 11.9. The highest BCUT2D eigenvalue weighted by molar-refractivity contribution is 5.92. The highest BCUT2D eigenvalue weighted by atomic mass is 16.5. The van der Waals surface area contributed by atoms with Crippen molar-refractivity contribution in [2.24, 2.45) is 0 Å². The third-order valence-corrected chi connectivity index (χ3v) is 4.47. The molecule has 1 aliphatic rings. The SMILES string of the molecule is C#Cc1cccc(CC2CCc3c2cc(C(=O)OC)n3C(=O)O)c1. The van der Waals surface area contributed by atoms with Gasteiger partial charge in [-0.3, -0.25) is 0 Å². The Labute approximate surface area is 139 Å². The Balaban J connectivity index is 1.96. The molecule has 0 radical (unpaired) electrons. The highest BCUT2D eigenvalue weighted by Gasteiger charge is 2.32. The van der Waals surface area contributed by atoms with Crippen LogP contribution in [-0.4, -0.2) is 28.8 Å². The predicted octanol–water partition coefficient (Wildman–Crippen LogP) is 3.05. The van der Waals surface area contributed by atoms with Crippen LogP contribution in [0.5, 0.6) is 0 Å². The zero-order chi connectivity index (χ0) is 17.3. The Kier molecular flexibility index (Phi) is 4.13. The van der Waals surface area contributed by atoms with Crippen LogP contribution in [0.4, 0.5) is 4.79 Å². The fourth-order valence-corrected chi connectivity index (χ4v) is 3.40. The van der Waals surface area contributed by atoms with Gasteiger partial charge in [0.1, 0.15) is 5.69 Å². The molecule has 5 heteroatoms. The fraction of sp³-hybridized carbons (Fsp3) is 0.263. The van der Waals surface area contributed by atoms with Gasteiger partial charge in [0.15, 0.2) is 0 Å². The molecule has 24 heavy (non-hydrogen) atoms. The van der Waals surface area contributed by atoms with E-state index in [0.717, 1.165) is 34.1 Å². The standard InChI is InChI=1S/C19H17NO4/c1-3-12-5-4-6-13(9-12)10-14-7-8-16-15(14)11-17(18(21)24-2)20(16)19(22)23/h1,4-6,9,11,14H,7-8,10H2,2H3,(H,22,23). The van der Waals surface area contributed by atoms with Crippen molar-refractivity contribution in [2.45, 2.75) is 25.2 Å². The molecule has 0 amide bonds. The summed E-state index contributed by atoms with van der Waals surface area (Å²) in [6.07, 6.45) is 6.50. The maximum atomic E-state index is 11.9. The first-order chi connectivity index (χ1) is 11.5. The lowest BCUT2D eigenvalue weighted by molar-refractivity contribution is 0.0587. The Hall–Kier alpha value is -3.00. The number of hydrogen-bond donors (Lipinski definition) is 1. The quantitative estimate of drug-likeness (QED) is 0.696. The molecule has 0 aliphatic heterocycles. The molecule has 2 aromatic rings. The molecule has 1 aromatic heterocycles. The maximum Gasteiger partial charge on any atom is 0.416 e. The van der Waals surface area contributed by atoms with Gasteiger partial charge in [0.2, 0.25) is 0 Å². The molecule has 122 valence electrons. The number of fused-ring (bicyclic) bond motifs is 1. The van der Waals surface area contributed by atoms with Crippen molar-refractivity contribution in [3.05, 3.63) is 58.4 Å². The summed E-state index contributed by atoms with van der Waals surface area (Å²) in [7, 11) is 1.25. The number of carbonyl (C=O) groups is 2. The molecule has 1 heterocycles. The van der Waals surface area contributed by atoms with Crippen LogP contribution in [0.1, 0.15) is 45.2 Å². The first-order valence-corrected chi connectivity index (χ1v) is 7.66. The van der Waals surface area contributed by atoms with Gasteiger partial charge in [-0.15, -0.1) is 6.42 Å². The molecule has 5 nitrogen and oxygen atoms in total. The molecule has 1 unspecified atom stereocenters. The summed E-state index contributed by atoms with van der Waals surface area (Å²) >= 11 is 0. The van der Waals surface area contributed by atoms with Crippen molar-refractivity contribution < 1.29 is 19.4 Å². The topological polar surface area (TPSA) is 68.5 Å². The fourth-order valence-electron chi connectivity index (χ4n) is 3.40. The van der Waals surface area contributed by atoms with Crippen LogP contribution >= 0.6 is 0 Å². The van der Waals surface area contributed by atoms with Crippen LogP contribution in [0.2, 0.25) is 0 Å². The predicted molar refractivity (Wildman–Crippen MR) is 88.3 cm³/mol. The number of esters is 1. The zero-order valence-corrected chi connectivity index (χ0v) is 13.3. The van der Waals surface area contributed by atoms with E-state index in [0.29, 0.717) is 12.1 Å². The third kappa shape index (κ3) is 2.67. The first kappa shape index (κ1) is 15.9. The van der Waals surface area contributed by atoms with E-state index >= 15 is 0 Å². The minimum Gasteiger partial charge on any atom is -0.464 e. The number of benzene rings is 1. The highest BCUT2D eigenvalue weighted by Crippen LogP contribution is 2.38. The number of carbonyl (C=O) groups excluding carboxylic acids is 1. The number of rotatable bonds is 3. The van der Waals surface area contributed by atoms with E-state index < -0.39 is 12.1 Å². The largest absolute Gasteiger partial charge is 0.464 e. The smallest absolute Gasteiger partial charge is 0.416 e. The lowest BCUT2D eigenvalue weighted by Crippen LogP contribution is -2.18. The normalized spacial score (nSPS) is 15.6. The van der Waals surface area contributed by atoms with Gasteiger partial charge in [-0.1, -0.05) is 18.1 Å². The number of terminal acetylenes is 1. The Bertz CT molecular complexity index is 857. The van der Waals surface area contributed by atoms with E-state index in [1.54, 1.807) is 6.07 Å². The van der Waals surface area contributed by atoms with Gasteiger partial charge in [0, 0.05) is 11.3 Å². The van der Waals surface area contributed by atoms with Gasteiger partial charge in [0.05, 0.1) is 7.11 Å². The molecule has 1 N–H and O–H groups in total. The van der Waals surface area contributed by atoms with E-state index in [1.807, 2.05) is 24.3 Å². The van der Waals surface area contributed by atoms with Gasteiger partial charge in [-0.2, -0.15) is 0 Å². The first-order valence-electron chi connectivity index (χ1n) is 7.66. The average molecular weight is 323 g/mol. The lowest BCUT2D eigenvalue weighted by atomic mass is 9.94. The van der Waals surface area contributed by atoms with Gasteiger partial charge >= 0.3 is 12.1 Å². The van der Waals surface area contributed by atoms with Gasteiger partial charge < -0.3 is 9.84 Å². The Morgan fingerprint density at radius 3 is 2.88 bits per heavy atom. The summed E-state index contributed by atoms with van der Waals surface area (Å²) < 4.78 is 5.76. The van der Waals surface area contributed by atoms with Crippen LogP contribution < -0.4 is 0 Å². The summed E-state index contributed by atoms with van der Waals surface area (Å²) in [4.78, 5) is 23.4. The van der Waals surface area contributed by atoms with Gasteiger partial charge in [0.25, 0.3) is 0 Å². The summed E-state index contributed by atoms with van der Waals surface area (Å²) in [5.41, 5.74) is 3.58. The van der Waals surface area contributed by atoms with Crippen molar-refractivity contribution in [3.63, 3.8) is 0 Å². The summed E-state index contributed by atoms with van der Waals surface area (Å²) in [6.45, 7) is 0. The van der Waals surface area contributed by atoms with E-state index in [9.17, 15) is 14.7 Å². The van der Waals surface area contributed by atoms with E-state index in [4.69, 9.17) is 11.2 Å². The van der Waals surface area contributed by atoms with Gasteiger partial charge in [-0.05, 0) is 54.5 Å². The Morgan fingerprint density at radius 1 is 1.42 bits per heavy atom. The summed E-state index contributed by atoms with van der Waals surface area (Å²) in [5.74, 6) is 2.14. The average Bonchev–Trinajstić information content (AvgIpc) is 3.14. The molecule has 0 saturated heterocycles. The van der Waals surface area contributed by atoms with Crippen LogP contribution in [0.25, 0.3) is 0 Å². The van der Waals surface area contributed by atoms with Crippen molar-refractivity contribution in [3.8, 4) is 12.3 Å². The molecule has 0 bridgehead atoms. The van der Waals surface area contributed by atoms with Gasteiger partial charge in [-0.25, -0.2) is 14.2 Å². The third-order valence-electron chi connectivity index (χ3n) is 4.47. The number of aromatic nitrogens is 1. The van der Waals surface area contributed by atoms with E-state index in [2.05, 4.69) is 5.92 Å². The minimum absolute atomic E-state index is 0.0667. The monoisotopic (exact) mass is 323 g/mol. The number of hydrogen-bond acceptors (Lipinski definition) is 3. The molecule has 0 spiro atoms. The van der Waals surface area contributed by atoms with Crippen LogP contribution in [0.3, 0.4) is 0 Å². The van der Waals surface area contributed by atoms with Crippen molar-refractivity contribution >= 4 is 12.1 Å². The lowest BCUT2D eigenvalue weighted by Gasteiger charge is -2.10. The summed E-state index contributed by atoms with van der Waals surface area (Å²) in [6, 6.07) is 9.42.